The van der Waals surface area contributed by atoms with E-state index in [1.807, 2.05) is 18.2 Å². The maximum absolute atomic E-state index is 11.9. The lowest BCUT2D eigenvalue weighted by atomic mass is 10.2. The summed E-state index contributed by atoms with van der Waals surface area (Å²) in [5.41, 5.74) is 1.32. The van der Waals surface area contributed by atoms with Crippen molar-refractivity contribution in [3.05, 3.63) is 45.9 Å². The molecular formula is C16H14N4O4S. The quantitative estimate of drug-likeness (QED) is 0.699. The summed E-state index contributed by atoms with van der Waals surface area (Å²) in [6.07, 6.45) is 0. The van der Waals surface area contributed by atoms with Crippen LogP contribution >= 0.6 is 11.3 Å². The number of amides is 1. The summed E-state index contributed by atoms with van der Waals surface area (Å²) in [4.78, 5) is 28.3. The third-order valence-corrected chi connectivity index (χ3v) is 4.17. The average Bonchev–Trinajstić information content (AvgIpc) is 3.19. The first-order valence-corrected chi connectivity index (χ1v) is 8.14. The van der Waals surface area contributed by atoms with Gasteiger partial charge in [0.15, 0.2) is 6.61 Å². The van der Waals surface area contributed by atoms with Gasteiger partial charge < -0.3 is 9.15 Å². The largest absolute Gasteiger partial charge is 0.451 e. The number of carbonyl (C=O) groups is 2. The molecule has 1 aromatic carbocycles. The molecule has 3 rings (SSSR count). The van der Waals surface area contributed by atoms with Crippen LogP contribution in [0.1, 0.15) is 20.4 Å². The molecule has 0 saturated heterocycles. The number of hydrogen-bond donors (Lipinski definition) is 1. The van der Waals surface area contributed by atoms with Gasteiger partial charge in [0.25, 0.3) is 5.91 Å². The van der Waals surface area contributed by atoms with Crippen LogP contribution in [0.4, 0.5) is 6.01 Å². The minimum atomic E-state index is -0.589. The molecule has 25 heavy (non-hydrogen) atoms. The second kappa shape index (κ2) is 7.22. The Balaban J connectivity index is 1.55. The molecule has 0 fully saturated rings. The van der Waals surface area contributed by atoms with Gasteiger partial charge in [0.1, 0.15) is 4.88 Å². The summed E-state index contributed by atoms with van der Waals surface area (Å²) in [7, 11) is 0. The Morgan fingerprint density at radius 1 is 1.20 bits per heavy atom. The van der Waals surface area contributed by atoms with Gasteiger partial charge in [0.2, 0.25) is 5.89 Å². The smallest absolute Gasteiger partial charge is 0.350 e. The molecule has 0 bridgehead atoms. The zero-order valence-electron chi connectivity index (χ0n) is 13.5. The Labute approximate surface area is 146 Å². The molecule has 0 aliphatic heterocycles. The average molecular weight is 358 g/mol. The fourth-order valence-corrected chi connectivity index (χ4v) is 2.86. The van der Waals surface area contributed by atoms with Crippen LogP contribution in [0.5, 0.6) is 0 Å². The molecule has 9 heteroatoms. The molecule has 0 radical (unpaired) electrons. The highest BCUT2D eigenvalue weighted by atomic mass is 32.1. The van der Waals surface area contributed by atoms with E-state index in [4.69, 9.17) is 9.15 Å². The van der Waals surface area contributed by atoms with Crippen molar-refractivity contribution in [1.29, 1.82) is 0 Å². The topological polar surface area (TPSA) is 107 Å². The van der Waals surface area contributed by atoms with Gasteiger partial charge in [-0.3, -0.25) is 10.1 Å². The number of nitrogens with one attached hydrogen (secondary N) is 1. The Kier molecular flexibility index (Phi) is 4.85. The standard InChI is InChI=1S/C16H14N4O4S/c1-9-13(25-10(2)17-9)15(22)23-8-12(21)18-16-20-19-14(24-16)11-6-4-3-5-7-11/h3-7H,8H2,1-2H3,(H,18,20,21). The summed E-state index contributed by atoms with van der Waals surface area (Å²) in [6.45, 7) is 3.04. The summed E-state index contributed by atoms with van der Waals surface area (Å²) in [5.74, 6) is -0.882. The lowest BCUT2D eigenvalue weighted by molar-refractivity contribution is -0.119. The van der Waals surface area contributed by atoms with Gasteiger partial charge in [-0.2, -0.15) is 0 Å². The molecule has 0 aliphatic rings. The van der Waals surface area contributed by atoms with Gasteiger partial charge in [-0.15, -0.1) is 16.4 Å². The van der Waals surface area contributed by atoms with Crippen molar-refractivity contribution < 1.29 is 18.7 Å². The second-order valence-corrected chi connectivity index (χ2v) is 6.25. The third kappa shape index (κ3) is 4.07. The van der Waals surface area contributed by atoms with E-state index >= 15 is 0 Å². The molecule has 0 atom stereocenters. The van der Waals surface area contributed by atoms with Crippen LogP contribution in [0.25, 0.3) is 11.5 Å². The van der Waals surface area contributed by atoms with Crippen LogP contribution in [-0.2, 0) is 9.53 Å². The van der Waals surface area contributed by atoms with E-state index in [1.165, 1.54) is 11.3 Å². The first-order valence-electron chi connectivity index (χ1n) is 7.33. The van der Waals surface area contributed by atoms with Gasteiger partial charge >= 0.3 is 12.0 Å². The number of ether oxygens (including phenoxy) is 1. The van der Waals surface area contributed by atoms with E-state index in [1.54, 1.807) is 26.0 Å². The Hall–Kier alpha value is -3.07. The predicted molar refractivity (Wildman–Crippen MR) is 90.2 cm³/mol. The van der Waals surface area contributed by atoms with Crippen LogP contribution in [0, 0.1) is 13.8 Å². The van der Waals surface area contributed by atoms with Crippen molar-refractivity contribution in [2.24, 2.45) is 0 Å². The Morgan fingerprint density at radius 2 is 1.96 bits per heavy atom. The van der Waals surface area contributed by atoms with Crippen molar-refractivity contribution in [2.75, 3.05) is 11.9 Å². The van der Waals surface area contributed by atoms with Gasteiger partial charge in [0, 0.05) is 5.56 Å². The highest BCUT2D eigenvalue weighted by Gasteiger charge is 2.17. The fraction of sp³-hybridized carbons (Fsp3) is 0.188. The first kappa shape index (κ1) is 16.8. The molecule has 1 amide bonds. The zero-order valence-corrected chi connectivity index (χ0v) is 14.3. The van der Waals surface area contributed by atoms with Crippen molar-refractivity contribution in [1.82, 2.24) is 15.2 Å². The number of aryl methyl sites for hydroxylation is 2. The Morgan fingerprint density at radius 3 is 2.64 bits per heavy atom. The predicted octanol–water partition coefficient (Wildman–Crippen LogP) is 2.61. The van der Waals surface area contributed by atoms with Crippen molar-refractivity contribution in [2.45, 2.75) is 13.8 Å². The van der Waals surface area contributed by atoms with Gasteiger partial charge in [-0.1, -0.05) is 23.3 Å². The van der Waals surface area contributed by atoms with E-state index in [9.17, 15) is 9.59 Å². The van der Waals surface area contributed by atoms with Gasteiger partial charge in [-0.05, 0) is 26.0 Å². The summed E-state index contributed by atoms with van der Waals surface area (Å²) < 4.78 is 10.3. The zero-order chi connectivity index (χ0) is 17.8. The number of aromatic nitrogens is 3. The van der Waals surface area contributed by atoms with Crippen LogP contribution in [0.15, 0.2) is 34.7 Å². The summed E-state index contributed by atoms with van der Waals surface area (Å²) >= 11 is 1.22. The lowest BCUT2D eigenvalue weighted by Gasteiger charge is -2.02. The van der Waals surface area contributed by atoms with Crippen molar-refractivity contribution in [3.8, 4) is 11.5 Å². The number of rotatable bonds is 5. The summed E-state index contributed by atoms with van der Waals surface area (Å²) in [6, 6.07) is 9.08. The normalized spacial score (nSPS) is 10.5. The number of esters is 1. The minimum Gasteiger partial charge on any atom is -0.451 e. The molecule has 128 valence electrons. The van der Waals surface area contributed by atoms with Gasteiger partial charge in [-0.25, -0.2) is 9.78 Å². The number of anilines is 1. The van der Waals surface area contributed by atoms with E-state index < -0.39 is 18.5 Å². The molecule has 8 nitrogen and oxygen atoms in total. The first-order chi connectivity index (χ1) is 12.0. The van der Waals surface area contributed by atoms with Crippen LogP contribution in [0.2, 0.25) is 0 Å². The van der Waals surface area contributed by atoms with Crippen molar-refractivity contribution >= 4 is 29.2 Å². The molecule has 1 N–H and O–H groups in total. The number of hydrogen-bond acceptors (Lipinski definition) is 8. The monoisotopic (exact) mass is 358 g/mol. The van der Waals surface area contributed by atoms with E-state index in [0.29, 0.717) is 10.6 Å². The maximum Gasteiger partial charge on any atom is 0.350 e. The highest BCUT2D eigenvalue weighted by Crippen LogP contribution is 2.19. The molecule has 3 aromatic rings. The molecule has 0 saturated carbocycles. The van der Waals surface area contributed by atoms with Crippen LogP contribution in [-0.4, -0.2) is 33.7 Å². The molecular weight excluding hydrogens is 344 g/mol. The number of nitrogens with zero attached hydrogens (tertiary/aromatic N) is 3. The van der Waals surface area contributed by atoms with E-state index in [0.717, 1.165) is 10.6 Å². The molecule has 0 spiro atoms. The minimum absolute atomic E-state index is 0.0651. The third-order valence-electron chi connectivity index (χ3n) is 3.12. The summed E-state index contributed by atoms with van der Waals surface area (Å²) in [5, 5.41) is 10.7. The lowest BCUT2D eigenvalue weighted by Crippen LogP contribution is -2.21. The number of thiazole rings is 1. The number of carbonyl (C=O) groups excluding carboxylic acids is 2. The molecule has 0 unspecified atom stereocenters. The van der Waals surface area contributed by atoms with E-state index in [2.05, 4.69) is 20.5 Å². The molecule has 0 aliphatic carbocycles. The number of benzene rings is 1. The molecule has 2 aromatic heterocycles. The second-order valence-electron chi connectivity index (χ2n) is 5.05. The van der Waals surface area contributed by atoms with Crippen LogP contribution in [0.3, 0.4) is 0 Å². The Bertz CT molecular complexity index is 904. The van der Waals surface area contributed by atoms with Gasteiger partial charge in [0.05, 0.1) is 10.7 Å². The maximum atomic E-state index is 11.9. The fourth-order valence-electron chi connectivity index (χ4n) is 2.04. The highest BCUT2D eigenvalue weighted by molar-refractivity contribution is 7.13. The van der Waals surface area contributed by atoms with E-state index in [-0.39, 0.29) is 11.9 Å². The van der Waals surface area contributed by atoms with Crippen molar-refractivity contribution in [3.63, 3.8) is 0 Å². The molecule has 2 heterocycles. The van der Waals surface area contributed by atoms with Crippen LogP contribution < -0.4 is 5.32 Å². The SMILES string of the molecule is Cc1nc(C)c(C(=O)OCC(=O)Nc2nnc(-c3ccccc3)o2)s1.